The van der Waals surface area contributed by atoms with Gasteiger partial charge in [0.1, 0.15) is 5.60 Å². The fraction of sp³-hybridized carbons (Fsp3) is 0.706. The van der Waals surface area contributed by atoms with Gasteiger partial charge in [0, 0.05) is 18.3 Å². The lowest BCUT2D eigenvalue weighted by Crippen LogP contribution is -2.53. The molecule has 1 aromatic rings. The van der Waals surface area contributed by atoms with Gasteiger partial charge in [-0.3, -0.25) is 0 Å². The van der Waals surface area contributed by atoms with E-state index in [9.17, 15) is 0 Å². The fourth-order valence-corrected chi connectivity index (χ4v) is 5.20. The van der Waals surface area contributed by atoms with Gasteiger partial charge in [-0.15, -0.1) is 0 Å². The lowest BCUT2D eigenvalue weighted by molar-refractivity contribution is -0.109. The molecule has 4 aliphatic carbocycles. The summed E-state index contributed by atoms with van der Waals surface area (Å²) in [7, 11) is 1.97. The van der Waals surface area contributed by atoms with Crippen molar-refractivity contribution in [1.82, 2.24) is 10.3 Å². The molecular formula is C17H24N2O. The van der Waals surface area contributed by atoms with Crippen molar-refractivity contribution in [3.63, 3.8) is 0 Å². The first kappa shape index (κ1) is 12.6. The molecule has 1 aromatic heterocycles. The van der Waals surface area contributed by atoms with E-state index in [1.807, 2.05) is 19.3 Å². The number of ether oxygens (including phenoxy) is 1. The highest BCUT2D eigenvalue weighted by molar-refractivity contribution is 5.26. The molecule has 0 spiro atoms. The molecule has 0 aromatic carbocycles. The lowest BCUT2D eigenvalue weighted by atomic mass is 9.54. The summed E-state index contributed by atoms with van der Waals surface area (Å²) in [6, 6.07) is 4.12. The normalized spacial score (nSPS) is 38.1. The number of hydrogen-bond acceptors (Lipinski definition) is 3. The highest BCUT2D eigenvalue weighted by Crippen LogP contribution is 2.57. The van der Waals surface area contributed by atoms with Crippen molar-refractivity contribution >= 4 is 0 Å². The van der Waals surface area contributed by atoms with Crippen LogP contribution in [-0.2, 0) is 6.54 Å². The second-order valence-electron chi connectivity index (χ2n) is 7.20. The fourth-order valence-electron chi connectivity index (χ4n) is 5.20. The second-order valence-corrected chi connectivity index (χ2v) is 7.20. The third-order valence-corrected chi connectivity index (χ3v) is 5.51. The number of nitrogens with one attached hydrogen (secondary N) is 1. The van der Waals surface area contributed by atoms with E-state index in [0.29, 0.717) is 0 Å². The topological polar surface area (TPSA) is 34.2 Å². The molecule has 4 saturated carbocycles. The van der Waals surface area contributed by atoms with Crippen molar-refractivity contribution in [2.75, 3.05) is 7.05 Å². The molecule has 0 saturated heterocycles. The van der Waals surface area contributed by atoms with Gasteiger partial charge in [-0.05, 0) is 69.4 Å². The van der Waals surface area contributed by atoms with Crippen LogP contribution in [0.25, 0.3) is 0 Å². The average Bonchev–Trinajstić information content (AvgIpc) is 2.39. The third kappa shape index (κ3) is 2.12. The predicted octanol–water partition coefficient (Wildman–Crippen LogP) is 3.15. The Balaban J connectivity index is 1.59. The van der Waals surface area contributed by atoms with Gasteiger partial charge in [-0.2, -0.15) is 0 Å². The largest absolute Gasteiger partial charge is 0.471 e. The van der Waals surface area contributed by atoms with Gasteiger partial charge in [-0.25, -0.2) is 4.98 Å². The van der Waals surface area contributed by atoms with Crippen LogP contribution in [-0.4, -0.2) is 17.6 Å². The van der Waals surface area contributed by atoms with Crippen LogP contribution >= 0.6 is 0 Å². The van der Waals surface area contributed by atoms with Crippen LogP contribution in [0.1, 0.15) is 44.1 Å². The van der Waals surface area contributed by atoms with Crippen LogP contribution in [0.2, 0.25) is 0 Å². The number of nitrogens with zero attached hydrogens (tertiary/aromatic N) is 1. The Morgan fingerprint density at radius 1 is 1.20 bits per heavy atom. The highest BCUT2D eigenvalue weighted by atomic mass is 16.5. The molecule has 108 valence electrons. The first-order chi connectivity index (χ1) is 9.76. The van der Waals surface area contributed by atoms with Crippen molar-refractivity contribution in [2.45, 2.75) is 50.7 Å². The van der Waals surface area contributed by atoms with Crippen LogP contribution in [0.3, 0.4) is 0 Å². The summed E-state index contributed by atoms with van der Waals surface area (Å²) < 4.78 is 6.55. The van der Waals surface area contributed by atoms with Crippen molar-refractivity contribution in [3.8, 4) is 5.88 Å². The van der Waals surface area contributed by atoms with Crippen LogP contribution < -0.4 is 10.1 Å². The Kier molecular flexibility index (Phi) is 2.99. The Bertz CT molecular complexity index is 464. The zero-order valence-electron chi connectivity index (χ0n) is 12.3. The van der Waals surface area contributed by atoms with Gasteiger partial charge in [0.2, 0.25) is 5.88 Å². The summed E-state index contributed by atoms with van der Waals surface area (Å²) >= 11 is 0. The number of rotatable bonds is 4. The molecule has 20 heavy (non-hydrogen) atoms. The molecule has 1 N–H and O–H groups in total. The standard InChI is InChI=1S/C17H24N2O/c1-18-11-15-3-2-4-19-16(15)20-17-8-12-5-13(9-17)7-14(6-12)10-17/h2-4,12-14,18H,5-11H2,1H3. The smallest absolute Gasteiger partial charge is 0.218 e. The van der Waals surface area contributed by atoms with Crippen LogP contribution in [0.5, 0.6) is 5.88 Å². The van der Waals surface area contributed by atoms with Gasteiger partial charge in [0.15, 0.2) is 0 Å². The molecule has 0 amide bonds. The van der Waals surface area contributed by atoms with Crippen LogP contribution in [0, 0.1) is 17.8 Å². The van der Waals surface area contributed by atoms with Gasteiger partial charge in [0.05, 0.1) is 0 Å². The number of aromatic nitrogens is 1. The molecule has 5 rings (SSSR count). The number of hydrogen-bond donors (Lipinski definition) is 1. The second kappa shape index (κ2) is 4.73. The zero-order chi connectivity index (χ0) is 13.6. The SMILES string of the molecule is CNCc1cccnc1OC12CC3CC(CC(C3)C1)C2. The van der Waals surface area contributed by atoms with Crippen LogP contribution in [0.4, 0.5) is 0 Å². The molecule has 4 bridgehead atoms. The van der Waals surface area contributed by atoms with E-state index in [0.717, 1.165) is 30.2 Å². The van der Waals surface area contributed by atoms with Crippen molar-refractivity contribution < 1.29 is 4.74 Å². The quantitative estimate of drug-likeness (QED) is 0.914. The van der Waals surface area contributed by atoms with E-state index in [4.69, 9.17) is 4.74 Å². The first-order valence-electron chi connectivity index (χ1n) is 8.04. The van der Waals surface area contributed by atoms with Gasteiger partial charge >= 0.3 is 0 Å². The Hall–Kier alpha value is -1.09. The maximum Gasteiger partial charge on any atom is 0.218 e. The predicted molar refractivity (Wildman–Crippen MR) is 78.5 cm³/mol. The van der Waals surface area contributed by atoms with Crippen molar-refractivity contribution in [2.24, 2.45) is 17.8 Å². The van der Waals surface area contributed by atoms with E-state index < -0.39 is 0 Å². The molecule has 0 aliphatic heterocycles. The molecule has 4 fully saturated rings. The summed E-state index contributed by atoms with van der Waals surface area (Å²) in [4.78, 5) is 4.51. The summed E-state index contributed by atoms with van der Waals surface area (Å²) in [5.74, 6) is 3.61. The van der Waals surface area contributed by atoms with E-state index in [-0.39, 0.29) is 5.60 Å². The van der Waals surface area contributed by atoms with Crippen molar-refractivity contribution in [1.29, 1.82) is 0 Å². The summed E-state index contributed by atoms with van der Waals surface area (Å²) in [5, 5.41) is 3.21. The molecule has 0 radical (unpaired) electrons. The molecule has 0 atom stereocenters. The maximum atomic E-state index is 6.55. The first-order valence-corrected chi connectivity index (χ1v) is 8.04. The van der Waals surface area contributed by atoms with Gasteiger partial charge in [0.25, 0.3) is 0 Å². The highest BCUT2D eigenvalue weighted by Gasteiger charge is 2.52. The summed E-state index contributed by atoms with van der Waals surface area (Å²) in [5.41, 5.74) is 1.29. The molecule has 0 unspecified atom stereocenters. The van der Waals surface area contributed by atoms with E-state index in [1.165, 1.54) is 44.1 Å². The van der Waals surface area contributed by atoms with Crippen molar-refractivity contribution in [3.05, 3.63) is 23.9 Å². The van der Waals surface area contributed by atoms with E-state index >= 15 is 0 Å². The average molecular weight is 272 g/mol. The maximum absolute atomic E-state index is 6.55. The Labute approximate surface area is 121 Å². The summed E-state index contributed by atoms with van der Waals surface area (Å²) in [6.45, 7) is 0.829. The monoisotopic (exact) mass is 272 g/mol. The molecule has 1 heterocycles. The lowest BCUT2D eigenvalue weighted by Gasteiger charge is -2.56. The molecule has 3 nitrogen and oxygen atoms in total. The minimum Gasteiger partial charge on any atom is -0.471 e. The minimum atomic E-state index is 0.103. The minimum absolute atomic E-state index is 0.103. The Morgan fingerprint density at radius 3 is 2.45 bits per heavy atom. The molecule has 4 aliphatic rings. The third-order valence-electron chi connectivity index (χ3n) is 5.51. The zero-order valence-corrected chi connectivity index (χ0v) is 12.3. The molecular weight excluding hydrogens is 248 g/mol. The van der Waals surface area contributed by atoms with Crippen LogP contribution in [0.15, 0.2) is 18.3 Å². The summed E-state index contributed by atoms with van der Waals surface area (Å²) in [6.07, 6.45) is 9.99. The van der Waals surface area contributed by atoms with E-state index in [2.05, 4.69) is 16.4 Å². The van der Waals surface area contributed by atoms with E-state index in [1.54, 1.807) is 0 Å². The number of pyridine rings is 1. The Morgan fingerprint density at radius 2 is 1.85 bits per heavy atom. The van der Waals surface area contributed by atoms with Gasteiger partial charge < -0.3 is 10.1 Å². The molecule has 3 heteroatoms. The van der Waals surface area contributed by atoms with Gasteiger partial charge in [-0.1, -0.05) is 6.07 Å².